The van der Waals surface area contributed by atoms with E-state index in [1.54, 1.807) is 30.3 Å². The van der Waals surface area contributed by atoms with Crippen LogP contribution in [0.1, 0.15) is 44.2 Å². The van der Waals surface area contributed by atoms with Crippen molar-refractivity contribution in [2.75, 3.05) is 16.8 Å². The van der Waals surface area contributed by atoms with E-state index in [2.05, 4.69) is 50.2 Å². The molecule has 2 aromatic carbocycles. The van der Waals surface area contributed by atoms with Crippen molar-refractivity contribution < 1.29 is 9.59 Å². The average molecular weight is 454 g/mol. The number of fused-ring (bicyclic) bond motifs is 1. The quantitative estimate of drug-likeness (QED) is 0.399. The summed E-state index contributed by atoms with van der Waals surface area (Å²) in [4.78, 5) is 29.4. The first kappa shape index (κ1) is 21.5. The fourth-order valence-electron chi connectivity index (χ4n) is 4.36. The summed E-state index contributed by atoms with van der Waals surface area (Å²) in [5.41, 5.74) is 3.80. The van der Waals surface area contributed by atoms with Gasteiger partial charge in [-0.1, -0.05) is 30.7 Å². The Bertz CT molecular complexity index is 1140. The van der Waals surface area contributed by atoms with E-state index in [9.17, 15) is 9.59 Å². The van der Waals surface area contributed by atoms with E-state index in [0.717, 1.165) is 12.0 Å². The normalized spacial score (nSPS) is 21.9. The topological polar surface area (TPSA) is 52.7 Å². The van der Waals surface area contributed by atoms with Gasteiger partial charge < -0.3 is 4.90 Å². The van der Waals surface area contributed by atoms with Crippen LogP contribution < -0.4 is 15.1 Å². The maximum absolute atomic E-state index is 13.2. The van der Waals surface area contributed by atoms with E-state index in [1.807, 2.05) is 6.07 Å². The summed E-state index contributed by atoms with van der Waals surface area (Å²) in [6, 6.07) is 12.9. The van der Waals surface area contributed by atoms with Crippen LogP contribution in [0.15, 0.2) is 48.0 Å². The fraction of sp³-hybridized carbons (Fsp3) is 0.292. The molecular weight excluding hydrogens is 430 g/mol. The van der Waals surface area contributed by atoms with Crippen molar-refractivity contribution in [3.63, 3.8) is 0 Å². The highest BCUT2D eigenvalue weighted by Crippen LogP contribution is 2.42. The SMILES string of the molecule is C[C@H]1CC(C)(C)N(C)c2ccc(/C=C3\C(=O)NC(=S)N(c4cccc(Cl)c4)C3=O)cc21. The van der Waals surface area contributed by atoms with Crippen molar-refractivity contribution in [3.8, 4) is 0 Å². The molecule has 0 aliphatic carbocycles. The number of benzene rings is 2. The number of rotatable bonds is 2. The zero-order chi connectivity index (χ0) is 22.5. The summed E-state index contributed by atoms with van der Waals surface area (Å²) >= 11 is 11.3. The molecule has 2 amide bonds. The van der Waals surface area contributed by atoms with Crippen LogP contribution in [0.4, 0.5) is 11.4 Å². The molecule has 0 saturated carbocycles. The lowest BCUT2D eigenvalue weighted by atomic mass is 9.80. The minimum absolute atomic E-state index is 0.0330. The molecule has 31 heavy (non-hydrogen) atoms. The lowest BCUT2D eigenvalue weighted by Crippen LogP contribution is -2.54. The van der Waals surface area contributed by atoms with Crippen LogP contribution in [0, 0.1) is 0 Å². The second kappa shape index (κ2) is 7.77. The smallest absolute Gasteiger partial charge is 0.270 e. The van der Waals surface area contributed by atoms with Crippen molar-refractivity contribution in [2.24, 2.45) is 0 Å². The van der Waals surface area contributed by atoms with Gasteiger partial charge >= 0.3 is 0 Å². The van der Waals surface area contributed by atoms with Crippen LogP contribution in [0.5, 0.6) is 0 Å². The van der Waals surface area contributed by atoms with Crippen molar-refractivity contribution in [1.29, 1.82) is 0 Å². The van der Waals surface area contributed by atoms with Crippen molar-refractivity contribution in [2.45, 2.75) is 38.6 Å². The Labute approximate surface area is 192 Å². The summed E-state index contributed by atoms with van der Waals surface area (Å²) in [7, 11) is 2.10. The molecule has 2 aliphatic heterocycles. The number of carbonyl (C=O) groups is 2. The lowest BCUT2D eigenvalue weighted by molar-refractivity contribution is -0.122. The molecular formula is C24H24ClN3O2S. The van der Waals surface area contributed by atoms with Gasteiger partial charge in [0.25, 0.3) is 11.8 Å². The van der Waals surface area contributed by atoms with Crippen LogP contribution in [0.3, 0.4) is 0 Å². The number of anilines is 2. The van der Waals surface area contributed by atoms with Crippen LogP contribution in [-0.2, 0) is 9.59 Å². The molecule has 2 aromatic rings. The van der Waals surface area contributed by atoms with Crippen molar-refractivity contribution >= 4 is 58.2 Å². The van der Waals surface area contributed by atoms with Gasteiger partial charge in [-0.25, -0.2) is 0 Å². The first-order valence-electron chi connectivity index (χ1n) is 10.1. The fourth-order valence-corrected chi connectivity index (χ4v) is 4.82. The third-order valence-electron chi connectivity index (χ3n) is 6.14. The average Bonchev–Trinajstić information content (AvgIpc) is 2.69. The lowest BCUT2D eigenvalue weighted by Gasteiger charge is -2.45. The minimum atomic E-state index is -0.503. The summed E-state index contributed by atoms with van der Waals surface area (Å²) in [5.74, 6) is -0.608. The van der Waals surface area contributed by atoms with Gasteiger partial charge in [-0.05, 0) is 85.9 Å². The molecule has 1 fully saturated rings. The summed E-state index contributed by atoms with van der Waals surface area (Å²) in [5, 5.41) is 3.13. The third kappa shape index (κ3) is 3.86. The van der Waals surface area contributed by atoms with E-state index in [1.165, 1.54) is 16.2 Å². The Hall–Kier alpha value is -2.70. The number of amides is 2. The van der Waals surface area contributed by atoms with E-state index >= 15 is 0 Å². The van der Waals surface area contributed by atoms with Crippen LogP contribution in [0.25, 0.3) is 6.08 Å². The van der Waals surface area contributed by atoms with E-state index in [4.69, 9.17) is 23.8 Å². The molecule has 0 aromatic heterocycles. The summed E-state index contributed by atoms with van der Waals surface area (Å²) in [6.45, 7) is 6.68. The van der Waals surface area contributed by atoms with Gasteiger partial charge in [0.05, 0.1) is 5.69 Å². The molecule has 1 N–H and O–H groups in total. The monoisotopic (exact) mass is 453 g/mol. The molecule has 7 heteroatoms. The molecule has 2 heterocycles. The van der Waals surface area contributed by atoms with E-state index in [-0.39, 0.29) is 16.2 Å². The Morgan fingerprint density at radius 2 is 1.94 bits per heavy atom. The maximum Gasteiger partial charge on any atom is 0.270 e. The second-order valence-electron chi connectivity index (χ2n) is 8.73. The highest BCUT2D eigenvalue weighted by Gasteiger charge is 2.36. The Balaban J connectivity index is 1.73. The van der Waals surface area contributed by atoms with Crippen LogP contribution in [-0.4, -0.2) is 29.5 Å². The molecule has 1 atom stereocenters. The zero-order valence-electron chi connectivity index (χ0n) is 17.9. The number of hydrogen-bond donors (Lipinski definition) is 1. The number of halogens is 1. The number of carbonyl (C=O) groups excluding carboxylic acids is 2. The molecule has 2 aliphatic rings. The first-order valence-corrected chi connectivity index (χ1v) is 10.9. The highest BCUT2D eigenvalue weighted by molar-refractivity contribution is 7.80. The van der Waals surface area contributed by atoms with Gasteiger partial charge in [0, 0.05) is 23.3 Å². The van der Waals surface area contributed by atoms with Gasteiger partial charge in [-0.2, -0.15) is 0 Å². The van der Waals surface area contributed by atoms with Gasteiger partial charge in [-0.15, -0.1) is 0 Å². The van der Waals surface area contributed by atoms with Gasteiger partial charge in [0.1, 0.15) is 5.57 Å². The molecule has 0 radical (unpaired) electrons. The predicted molar refractivity (Wildman–Crippen MR) is 130 cm³/mol. The maximum atomic E-state index is 13.2. The molecule has 5 nitrogen and oxygen atoms in total. The van der Waals surface area contributed by atoms with E-state index < -0.39 is 11.8 Å². The van der Waals surface area contributed by atoms with Crippen LogP contribution in [0.2, 0.25) is 5.02 Å². The first-order chi connectivity index (χ1) is 14.6. The number of thiocarbonyl (C=S) groups is 1. The summed E-state index contributed by atoms with van der Waals surface area (Å²) in [6.07, 6.45) is 2.65. The number of nitrogens with zero attached hydrogens (tertiary/aromatic N) is 2. The number of nitrogens with one attached hydrogen (secondary N) is 1. The zero-order valence-corrected chi connectivity index (χ0v) is 19.5. The van der Waals surface area contributed by atoms with Gasteiger partial charge in [-0.3, -0.25) is 19.8 Å². The molecule has 4 rings (SSSR count). The third-order valence-corrected chi connectivity index (χ3v) is 6.66. The predicted octanol–water partition coefficient (Wildman–Crippen LogP) is 4.89. The number of hydrogen-bond acceptors (Lipinski definition) is 4. The molecule has 0 unspecified atom stereocenters. The Morgan fingerprint density at radius 1 is 1.19 bits per heavy atom. The van der Waals surface area contributed by atoms with Crippen molar-refractivity contribution in [1.82, 2.24) is 5.32 Å². The van der Waals surface area contributed by atoms with Crippen LogP contribution >= 0.6 is 23.8 Å². The largest absolute Gasteiger partial charge is 0.369 e. The van der Waals surface area contributed by atoms with Gasteiger partial charge in [0.2, 0.25) is 0 Å². The van der Waals surface area contributed by atoms with E-state index in [0.29, 0.717) is 16.6 Å². The molecule has 160 valence electrons. The summed E-state index contributed by atoms with van der Waals surface area (Å²) < 4.78 is 0. The molecule has 0 bridgehead atoms. The second-order valence-corrected chi connectivity index (χ2v) is 9.56. The molecule has 0 spiro atoms. The Kier molecular flexibility index (Phi) is 5.40. The Morgan fingerprint density at radius 3 is 2.65 bits per heavy atom. The highest BCUT2D eigenvalue weighted by atomic mass is 35.5. The molecule has 1 saturated heterocycles. The minimum Gasteiger partial charge on any atom is -0.369 e. The standard InChI is InChI=1S/C24H24ClN3O2S/c1-14-13-24(2,3)27(4)20-9-8-15(10-18(14)20)11-19-21(29)26-23(31)28(22(19)30)17-7-5-6-16(25)12-17/h5-12,14H,13H2,1-4H3,(H,26,29,31)/b19-11+/t14-/m0/s1. The van der Waals surface area contributed by atoms with Gasteiger partial charge in [0.15, 0.2) is 5.11 Å². The van der Waals surface area contributed by atoms with Crippen molar-refractivity contribution in [3.05, 3.63) is 64.2 Å².